The largest absolute Gasteiger partial charge is 0.355 e. The molecule has 0 aliphatic carbocycles. The molecule has 38 heavy (non-hydrogen) atoms. The van der Waals surface area contributed by atoms with Gasteiger partial charge in [-0.05, 0) is 90.0 Å². The van der Waals surface area contributed by atoms with Crippen LogP contribution in [0.4, 0.5) is 5.69 Å². The fraction of sp³-hybridized carbons (Fsp3) is 0.259. The Labute approximate surface area is 247 Å². The van der Waals surface area contributed by atoms with Crippen molar-refractivity contribution in [2.45, 2.75) is 37.8 Å². The van der Waals surface area contributed by atoms with Crippen LogP contribution in [0.1, 0.15) is 25.8 Å². The zero-order valence-electron chi connectivity index (χ0n) is 20.9. The fourth-order valence-electron chi connectivity index (χ4n) is 3.90. The molecule has 2 amide bonds. The lowest BCUT2D eigenvalue weighted by Gasteiger charge is -2.33. The smallest absolute Gasteiger partial charge is 0.264 e. The second-order valence-corrected chi connectivity index (χ2v) is 12.3. The number of rotatable bonds is 11. The van der Waals surface area contributed by atoms with Gasteiger partial charge < -0.3 is 10.2 Å². The number of nitrogens with zero attached hydrogens (tertiary/aromatic N) is 2. The standard InChI is InChI=1S/C27H28Cl2IN3O4S/c1-3-25(27(35)31-4-2)32(17-19-10-11-20(28)16-24(19)29)26(34)18-33(22-14-12-21(30)13-15-22)38(36,37)23-8-6-5-7-9-23/h5-16,25H,3-4,17-18H2,1-2H3,(H,31,35). The summed E-state index contributed by atoms with van der Waals surface area (Å²) in [5.74, 6) is -0.882. The first-order chi connectivity index (χ1) is 18.1. The molecule has 0 saturated carbocycles. The molecule has 202 valence electrons. The van der Waals surface area contributed by atoms with Crippen molar-refractivity contribution in [3.05, 3.63) is 92.0 Å². The average molecular weight is 688 g/mol. The molecule has 11 heteroatoms. The lowest BCUT2D eigenvalue weighted by atomic mass is 10.1. The molecule has 0 aromatic heterocycles. The number of likely N-dealkylation sites (N-methyl/N-ethyl adjacent to an activating group) is 1. The number of anilines is 1. The topological polar surface area (TPSA) is 86.8 Å². The first kappa shape index (κ1) is 30.2. The van der Waals surface area contributed by atoms with Crippen molar-refractivity contribution in [2.75, 3.05) is 17.4 Å². The Kier molecular flexibility index (Phi) is 10.8. The first-order valence-corrected chi connectivity index (χ1v) is 15.2. The Balaban J connectivity index is 2.06. The molecule has 1 atom stereocenters. The molecule has 0 saturated heterocycles. The van der Waals surface area contributed by atoms with Crippen LogP contribution in [0.25, 0.3) is 0 Å². The molecule has 0 fully saturated rings. The van der Waals surface area contributed by atoms with Gasteiger partial charge in [0, 0.05) is 26.7 Å². The van der Waals surface area contributed by atoms with Crippen LogP contribution in [0.2, 0.25) is 10.0 Å². The number of hydrogen-bond donors (Lipinski definition) is 1. The highest BCUT2D eigenvalue weighted by molar-refractivity contribution is 14.1. The van der Waals surface area contributed by atoms with Gasteiger partial charge in [0.2, 0.25) is 11.8 Å². The molecule has 0 spiro atoms. The van der Waals surface area contributed by atoms with Gasteiger partial charge in [0.05, 0.1) is 10.6 Å². The SMILES string of the molecule is CCNC(=O)C(CC)N(Cc1ccc(Cl)cc1Cl)C(=O)CN(c1ccc(I)cc1)S(=O)(=O)c1ccccc1. The molecule has 0 aliphatic rings. The van der Waals surface area contributed by atoms with Crippen molar-refractivity contribution in [3.63, 3.8) is 0 Å². The Hall–Kier alpha value is -2.34. The van der Waals surface area contributed by atoms with E-state index in [1.807, 2.05) is 0 Å². The molecule has 0 aliphatic heterocycles. The number of carbonyl (C=O) groups is 2. The predicted octanol–water partition coefficient (Wildman–Crippen LogP) is 5.74. The summed E-state index contributed by atoms with van der Waals surface area (Å²) in [5.41, 5.74) is 0.914. The van der Waals surface area contributed by atoms with Crippen LogP contribution in [0, 0.1) is 3.57 Å². The highest BCUT2D eigenvalue weighted by Gasteiger charge is 2.33. The van der Waals surface area contributed by atoms with Gasteiger partial charge in [-0.2, -0.15) is 0 Å². The maximum Gasteiger partial charge on any atom is 0.264 e. The first-order valence-electron chi connectivity index (χ1n) is 11.9. The highest BCUT2D eigenvalue weighted by atomic mass is 127. The van der Waals surface area contributed by atoms with Crippen LogP contribution in [0.3, 0.4) is 0 Å². The van der Waals surface area contributed by atoms with Gasteiger partial charge in [0.25, 0.3) is 10.0 Å². The van der Waals surface area contributed by atoms with E-state index in [1.54, 1.807) is 74.5 Å². The number of carbonyl (C=O) groups excluding carboxylic acids is 2. The van der Waals surface area contributed by atoms with Gasteiger partial charge in [0.1, 0.15) is 12.6 Å². The third kappa shape index (κ3) is 7.40. The highest BCUT2D eigenvalue weighted by Crippen LogP contribution is 2.27. The Bertz CT molecular complexity index is 1370. The fourth-order valence-corrected chi connectivity index (χ4v) is 6.16. The maximum absolute atomic E-state index is 13.9. The zero-order chi connectivity index (χ0) is 27.9. The Morgan fingerprint density at radius 3 is 2.21 bits per heavy atom. The zero-order valence-corrected chi connectivity index (χ0v) is 25.4. The number of benzene rings is 3. The second kappa shape index (κ2) is 13.6. The van der Waals surface area contributed by atoms with Crippen LogP contribution in [0.5, 0.6) is 0 Å². The molecular weight excluding hydrogens is 660 g/mol. The van der Waals surface area contributed by atoms with Crippen molar-refractivity contribution in [1.29, 1.82) is 0 Å². The van der Waals surface area contributed by atoms with E-state index >= 15 is 0 Å². The van der Waals surface area contributed by atoms with Gasteiger partial charge in [-0.25, -0.2) is 8.42 Å². The van der Waals surface area contributed by atoms with E-state index in [9.17, 15) is 18.0 Å². The average Bonchev–Trinajstić information content (AvgIpc) is 2.89. The van der Waals surface area contributed by atoms with E-state index in [0.29, 0.717) is 34.3 Å². The molecule has 3 aromatic rings. The normalized spacial score (nSPS) is 12.0. The number of hydrogen-bond acceptors (Lipinski definition) is 4. The van der Waals surface area contributed by atoms with E-state index in [-0.39, 0.29) is 17.3 Å². The number of nitrogens with one attached hydrogen (secondary N) is 1. The monoisotopic (exact) mass is 687 g/mol. The van der Waals surface area contributed by atoms with Crippen LogP contribution >= 0.6 is 45.8 Å². The lowest BCUT2D eigenvalue weighted by molar-refractivity contribution is -0.140. The van der Waals surface area contributed by atoms with Gasteiger partial charge in [-0.15, -0.1) is 0 Å². The van der Waals surface area contributed by atoms with Crippen molar-refractivity contribution < 1.29 is 18.0 Å². The van der Waals surface area contributed by atoms with E-state index in [2.05, 4.69) is 27.9 Å². The number of sulfonamides is 1. The van der Waals surface area contributed by atoms with E-state index in [4.69, 9.17) is 23.2 Å². The lowest BCUT2D eigenvalue weighted by Crippen LogP contribution is -2.52. The molecule has 3 rings (SSSR count). The van der Waals surface area contributed by atoms with Crippen molar-refractivity contribution in [2.24, 2.45) is 0 Å². The van der Waals surface area contributed by atoms with Crippen molar-refractivity contribution in [3.8, 4) is 0 Å². The molecule has 0 radical (unpaired) electrons. The maximum atomic E-state index is 13.9. The minimum Gasteiger partial charge on any atom is -0.355 e. The summed E-state index contributed by atoms with van der Waals surface area (Å²) < 4.78 is 29.5. The van der Waals surface area contributed by atoms with E-state index in [1.165, 1.54) is 17.0 Å². The van der Waals surface area contributed by atoms with Gasteiger partial charge in [0.15, 0.2) is 0 Å². The van der Waals surface area contributed by atoms with Crippen LogP contribution in [-0.2, 0) is 26.2 Å². The summed E-state index contributed by atoms with van der Waals surface area (Å²) >= 11 is 14.6. The summed E-state index contributed by atoms with van der Waals surface area (Å²) in [6, 6.07) is 18.8. The molecule has 1 N–H and O–H groups in total. The van der Waals surface area contributed by atoms with E-state index < -0.39 is 28.5 Å². The third-order valence-electron chi connectivity index (χ3n) is 5.82. The van der Waals surface area contributed by atoms with E-state index in [0.717, 1.165) is 7.88 Å². The molecular formula is C27H28Cl2IN3O4S. The summed E-state index contributed by atoms with van der Waals surface area (Å²) in [6.45, 7) is 3.45. The van der Waals surface area contributed by atoms with Gasteiger partial charge >= 0.3 is 0 Å². The molecule has 3 aromatic carbocycles. The van der Waals surface area contributed by atoms with Crippen molar-refractivity contribution >= 4 is 73.3 Å². The number of amides is 2. The molecule has 0 bridgehead atoms. The molecule has 0 heterocycles. The quantitative estimate of drug-likeness (QED) is 0.261. The third-order valence-corrected chi connectivity index (χ3v) is 8.91. The second-order valence-electron chi connectivity index (χ2n) is 8.38. The van der Waals surface area contributed by atoms with Crippen LogP contribution in [0.15, 0.2) is 77.7 Å². The predicted molar refractivity (Wildman–Crippen MR) is 160 cm³/mol. The van der Waals surface area contributed by atoms with Crippen LogP contribution in [-0.4, -0.2) is 44.3 Å². The van der Waals surface area contributed by atoms with Gasteiger partial charge in [-0.3, -0.25) is 13.9 Å². The van der Waals surface area contributed by atoms with Gasteiger partial charge in [-0.1, -0.05) is 54.4 Å². The van der Waals surface area contributed by atoms with Crippen LogP contribution < -0.4 is 9.62 Å². The summed E-state index contributed by atoms with van der Waals surface area (Å²) in [6.07, 6.45) is 0.317. The summed E-state index contributed by atoms with van der Waals surface area (Å²) in [7, 11) is -4.11. The Morgan fingerprint density at radius 1 is 0.974 bits per heavy atom. The van der Waals surface area contributed by atoms with Crippen molar-refractivity contribution in [1.82, 2.24) is 10.2 Å². The molecule has 7 nitrogen and oxygen atoms in total. The summed E-state index contributed by atoms with van der Waals surface area (Å²) in [4.78, 5) is 28.3. The minimum absolute atomic E-state index is 0.00358. The summed E-state index contributed by atoms with van der Waals surface area (Å²) in [5, 5.41) is 3.55. The number of halogens is 3. The minimum atomic E-state index is -4.11. The molecule has 1 unspecified atom stereocenters. The Morgan fingerprint density at radius 2 is 1.63 bits per heavy atom.